The van der Waals surface area contributed by atoms with Gasteiger partial charge >= 0.3 is 0 Å². The molecule has 1 N–H and O–H groups in total. The predicted octanol–water partition coefficient (Wildman–Crippen LogP) is 1.91. The summed E-state index contributed by atoms with van der Waals surface area (Å²) in [5.74, 6) is 2.67. The summed E-state index contributed by atoms with van der Waals surface area (Å²) in [7, 11) is 2.19. The van der Waals surface area contributed by atoms with Crippen LogP contribution in [0.3, 0.4) is 0 Å². The summed E-state index contributed by atoms with van der Waals surface area (Å²) >= 11 is 1.66. The van der Waals surface area contributed by atoms with Gasteiger partial charge in [0, 0.05) is 43.8 Å². The van der Waals surface area contributed by atoms with Crippen LogP contribution in [0.15, 0.2) is 29.7 Å². The molecule has 7 nitrogen and oxygen atoms in total. The number of piperidine rings is 1. The summed E-state index contributed by atoms with van der Waals surface area (Å²) in [6.45, 7) is 3.73. The van der Waals surface area contributed by atoms with Crippen LogP contribution in [0.1, 0.15) is 12.8 Å². The molecule has 5 rings (SSSR count). The van der Waals surface area contributed by atoms with E-state index in [0.29, 0.717) is 6.04 Å². The Kier molecular flexibility index (Phi) is 4.32. The largest absolute Gasteiger partial charge is 0.346 e. The Morgan fingerprint density at radius 1 is 1.26 bits per heavy atom. The van der Waals surface area contributed by atoms with E-state index in [0.717, 1.165) is 66.0 Å². The van der Waals surface area contributed by atoms with Crippen LogP contribution in [0.5, 0.6) is 0 Å². The third-order valence-corrected chi connectivity index (χ3v) is 7.08. The molecule has 8 heteroatoms. The van der Waals surface area contributed by atoms with E-state index in [4.69, 9.17) is 0 Å². The molecule has 0 spiro atoms. The fourth-order valence-electron chi connectivity index (χ4n) is 4.56. The molecule has 142 valence electrons. The number of amides is 1. The molecule has 2 aromatic heterocycles. The van der Waals surface area contributed by atoms with E-state index in [1.54, 1.807) is 18.1 Å². The van der Waals surface area contributed by atoms with Crippen molar-refractivity contribution in [1.82, 2.24) is 24.8 Å². The first-order chi connectivity index (χ1) is 13.2. The SMILES string of the molecule is CN1CC[C@@H]2CCN(C(=O)C3=CN(c4ncnc5[nH]ccc45)CCS3)C[C@@H]21. The van der Waals surface area contributed by atoms with Crippen molar-refractivity contribution in [1.29, 1.82) is 0 Å². The number of carbonyl (C=O) groups is 1. The molecule has 2 atom stereocenters. The highest BCUT2D eigenvalue weighted by Crippen LogP contribution is 2.34. The number of fused-ring (bicyclic) bond motifs is 2. The maximum absolute atomic E-state index is 13.2. The molecule has 0 radical (unpaired) electrons. The predicted molar refractivity (Wildman–Crippen MR) is 107 cm³/mol. The molecule has 3 aliphatic rings. The zero-order chi connectivity index (χ0) is 18.4. The molecule has 0 bridgehead atoms. The second-order valence-corrected chi connectivity index (χ2v) is 8.75. The van der Waals surface area contributed by atoms with Crippen molar-refractivity contribution < 1.29 is 4.79 Å². The summed E-state index contributed by atoms with van der Waals surface area (Å²) in [6, 6.07) is 2.51. The smallest absolute Gasteiger partial charge is 0.261 e. The van der Waals surface area contributed by atoms with E-state index in [1.807, 2.05) is 18.5 Å². The van der Waals surface area contributed by atoms with Crippen LogP contribution in [-0.2, 0) is 4.79 Å². The third-order valence-electron chi connectivity index (χ3n) is 6.11. The van der Waals surface area contributed by atoms with Gasteiger partial charge in [-0.05, 0) is 38.4 Å². The average Bonchev–Trinajstić information content (AvgIpc) is 3.34. The quantitative estimate of drug-likeness (QED) is 0.853. The molecule has 0 aromatic carbocycles. The van der Waals surface area contributed by atoms with Gasteiger partial charge in [-0.2, -0.15) is 0 Å². The van der Waals surface area contributed by atoms with Crippen LogP contribution in [0.2, 0.25) is 0 Å². The summed E-state index contributed by atoms with van der Waals surface area (Å²) in [5.41, 5.74) is 0.825. The number of likely N-dealkylation sites (N-methyl/N-ethyl adjacent to an activating group) is 1. The second kappa shape index (κ2) is 6.83. The Labute approximate surface area is 162 Å². The molecule has 1 amide bonds. The zero-order valence-electron chi connectivity index (χ0n) is 15.5. The number of thioether (sulfide) groups is 1. The van der Waals surface area contributed by atoms with Gasteiger partial charge < -0.3 is 19.7 Å². The van der Waals surface area contributed by atoms with Crippen molar-refractivity contribution in [3.05, 3.63) is 29.7 Å². The highest BCUT2D eigenvalue weighted by atomic mass is 32.2. The van der Waals surface area contributed by atoms with Crippen LogP contribution in [0.25, 0.3) is 11.0 Å². The first-order valence-corrected chi connectivity index (χ1v) is 10.6. The number of nitrogens with zero attached hydrogens (tertiary/aromatic N) is 5. The zero-order valence-corrected chi connectivity index (χ0v) is 16.3. The molecule has 2 saturated heterocycles. The maximum Gasteiger partial charge on any atom is 0.261 e. The van der Waals surface area contributed by atoms with E-state index in [2.05, 4.69) is 36.7 Å². The van der Waals surface area contributed by atoms with Crippen LogP contribution in [-0.4, -0.2) is 75.7 Å². The Morgan fingerprint density at radius 3 is 3.07 bits per heavy atom. The van der Waals surface area contributed by atoms with Crippen LogP contribution in [0.4, 0.5) is 5.82 Å². The van der Waals surface area contributed by atoms with Crippen molar-refractivity contribution in [2.24, 2.45) is 5.92 Å². The molecule has 0 aliphatic carbocycles. The molecule has 2 aromatic rings. The van der Waals surface area contributed by atoms with Gasteiger partial charge in [-0.3, -0.25) is 4.79 Å². The minimum atomic E-state index is 0.169. The third kappa shape index (κ3) is 3.00. The monoisotopic (exact) mass is 384 g/mol. The number of H-pyrrole nitrogens is 1. The van der Waals surface area contributed by atoms with Crippen molar-refractivity contribution >= 4 is 34.5 Å². The summed E-state index contributed by atoms with van der Waals surface area (Å²) in [4.78, 5) is 32.4. The number of anilines is 1. The minimum Gasteiger partial charge on any atom is -0.346 e. The molecule has 0 saturated carbocycles. The lowest BCUT2D eigenvalue weighted by molar-refractivity contribution is -0.128. The summed E-state index contributed by atoms with van der Waals surface area (Å²) in [6.07, 6.45) is 7.83. The van der Waals surface area contributed by atoms with Gasteiger partial charge in [-0.15, -0.1) is 11.8 Å². The van der Waals surface area contributed by atoms with Crippen molar-refractivity contribution in [2.45, 2.75) is 18.9 Å². The van der Waals surface area contributed by atoms with E-state index >= 15 is 0 Å². The molecule has 3 aliphatic heterocycles. The summed E-state index contributed by atoms with van der Waals surface area (Å²) in [5, 5.41) is 0.987. The van der Waals surface area contributed by atoms with E-state index < -0.39 is 0 Å². The average molecular weight is 385 g/mol. The maximum atomic E-state index is 13.2. The van der Waals surface area contributed by atoms with Crippen LogP contribution < -0.4 is 4.90 Å². The van der Waals surface area contributed by atoms with E-state index in [9.17, 15) is 4.79 Å². The highest BCUT2D eigenvalue weighted by Gasteiger charge is 2.38. The lowest BCUT2D eigenvalue weighted by Crippen LogP contribution is -2.49. The Balaban J connectivity index is 1.38. The van der Waals surface area contributed by atoms with Crippen molar-refractivity contribution in [3.8, 4) is 0 Å². The van der Waals surface area contributed by atoms with Crippen molar-refractivity contribution in [2.75, 3.05) is 43.9 Å². The number of aromatic amines is 1. The molecule has 2 fully saturated rings. The van der Waals surface area contributed by atoms with Gasteiger partial charge in [0.1, 0.15) is 17.8 Å². The summed E-state index contributed by atoms with van der Waals surface area (Å²) < 4.78 is 0. The lowest BCUT2D eigenvalue weighted by atomic mass is 9.92. The van der Waals surface area contributed by atoms with Crippen LogP contribution in [0, 0.1) is 5.92 Å². The second-order valence-electron chi connectivity index (χ2n) is 7.61. The Hall–Kier alpha value is -2.06. The number of hydrogen-bond donors (Lipinski definition) is 1. The number of rotatable bonds is 2. The fraction of sp³-hybridized carbons (Fsp3) is 0.526. The van der Waals surface area contributed by atoms with Gasteiger partial charge in [0.05, 0.1) is 10.3 Å². The number of nitrogens with one attached hydrogen (secondary N) is 1. The Bertz CT molecular complexity index is 895. The molecule has 27 heavy (non-hydrogen) atoms. The van der Waals surface area contributed by atoms with Gasteiger partial charge in [0.25, 0.3) is 5.91 Å². The van der Waals surface area contributed by atoms with Crippen LogP contribution >= 0.6 is 11.8 Å². The topological polar surface area (TPSA) is 68.4 Å². The number of aromatic nitrogens is 3. The van der Waals surface area contributed by atoms with Gasteiger partial charge in [0.15, 0.2) is 0 Å². The molecular weight excluding hydrogens is 360 g/mol. The fourth-order valence-corrected chi connectivity index (χ4v) is 5.52. The van der Waals surface area contributed by atoms with E-state index in [1.165, 1.54) is 6.42 Å². The molecular formula is C19H24N6OS. The number of hydrogen-bond acceptors (Lipinski definition) is 6. The molecule has 0 unspecified atom stereocenters. The van der Waals surface area contributed by atoms with Crippen molar-refractivity contribution in [3.63, 3.8) is 0 Å². The minimum absolute atomic E-state index is 0.169. The number of carbonyl (C=O) groups excluding carboxylic acids is 1. The van der Waals surface area contributed by atoms with Gasteiger partial charge in [-0.1, -0.05) is 0 Å². The van der Waals surface area contributed by atoms with E-state index in [-0.39, 0.29) is 5.91 Å². The lowest BCUT2D eigenvalue weighted by Gasteiger charge is -2.38. The normalized spacial score (nSPS) is 26.3. The highest BCUT2D eigenvalue weighted by molar-refractivity contribution is 8.04. The van der Waals surface area contributed by atoms with Gasteiger partial charge in [-0.25, -0.2) is 9.97 Å². The first kappa shape index (κ1) is 17.1. The number of likely N-dealkylation sites (tertiary alicyclic amines) is 2. The Morgan fingerprint density at radius 2 is 2.15 bits per heavy atom. The first-order valence-electron chi connectivity index (χ1n) is 9.59. The standard InChI is InChI=1S/C19H24N6OS/c1-23-6-3-13-4-7-25(10-15(13)23)19(26)16-11-24(8-9-27-16)18-14-2-5-20-17(14)21-12-22-18/h2,5,11-13,15H,3-4,6-10H2,1H3,(H,20,21,22)/t13-,15+/m1/s1. The molecule has 5 heterocycles. The van der Waals surface area contributed by atoms with Gasteiger partial charge in [0.2, 0.25) is 0 Å².